The summed E-state index contributed by atoms with van der Waals surface area (Å²) in [6.07, 6.45) is 3.04. The van der Waals surface area contributed by atoms with E-state index < -0.39 is 5.97 Å². The van der Waals surface area contributed by atoms with Gasteiger partial charge in [0.2, 0.25) is 0 Å². The Kier molecular flexibility index (Phi) is 5.82. The number of ether oxygens (including phenoxy) is 3. The molecule has 2 aromatic rings. The van der Waals surface area contributed by atoms with Gasteiger partial charge in [-0.15, -0.1) is 0 Å². The van der Waals surface area contributed by atoms with Crippen molar-refractivity contribution in [2.45, 2.75) is 6.92 Å². The molecule has 0 bridgehead atoms. The van der Waals surface area contributed by atoms with Crippen LogP contribution in [0.5, 0.6) is 17.2 Å². The molecule has 0 aliphatic rings. The predicted molar refractivity (Wildman–Crippen MR) is 93.1 cm³/mol. The summed E-state index contributed by atoms with van der Waals surface area (Å²) in [4.78, 5) is 11.9. The molecule has 5 heteroatoms. The minimum atomic E-state index is -0.443. The average Bonchev–Trinajstić information content (AvgIpc) is 2.56. The SMILES string of the molecule is COc1ccc(/C=C/C(=O)Oc2ccc(Br)c(C)c2)cc1OC. The predicted octanol–water partition coefficient (Wildman–Crippen LogP) is 4.39. The van der Waals surface area contributed by atoms with Gasteiger partial charge in [0.05, 0.1) is 14.2 Å². The normalized spacial score (nSPS) is 10.6. The Morgan fingerprint density at radius 2 is 1.78 bits per heavy atom. The van der Waals surface area contributed by atoms with Gasteiger partial charge < -0.3 is 14.2 Å². The zero-order chi connectivity index (χ0) is 16.8. The Balaban J connectivity index is 2.07. The van der Waals surface area contributed by atoms with Crippen molar-refractivity contribution in [2.75, 3.05) is 14.2 Å². The zero-order valence-corrected chi connectivity index (χ0v) is 14.7. The van der Waals surface area contributed by atoms with Gasteiger partial charge >= 0.3 is 5.97 Å². The standard InChI is InChI=1S/C18H17BrO4/c1-12-10-14(6-7-15(12)19)23-18(20)9-5-13-4-8-16(21-2)17(11-13)22-3/h4-11H,1-3H3/b9-5+. The van der Waals surface area contributed by atoms with Crippen molar-refractivity contribution in [1.82, 2.24) is 0 Å². The van der Waals surface area contributed by atoms with Crippen molar-refractivity contribution in [3.8, 4) is 17.2 Å². The van der Waals surface area contributed by atoms with Crippen LogP contribution in [0.3, 0.4) is 0 Å². The molecule has 2 aromatic carbocycles. The van der Waals surface area contributed by atoms with Gasteiger partial charge in [0.25, 0.3) is 0 Å². The molecule has 0 saturated carbocycles. The zero-order valence-electron chi connectivity index (χ0n) is 13.1. The van der Waals surface area contributed by atoms with Crippen molar-refractivity contribution in [1.29, 1.82) is 0 Å². The van der Waals surface area contributed by atoms with E-state index in [2.05, 4.69) is 15.9 Å². The molecule has 4 nitrogen and oxygen atoms in total. The maximum absolute atomic E-state index is 11.9. The van der Waals surface area contributed by atoms with E-state index in [-0.39, 0.29) is 0 Å². The third-order valence-corrected chi connectivity index (χ3v) is 4.06. The molecule has 0 heterocycles. The molecule has 0 spiro atoms. The lowest BCUT2D eigenvalue weighted by Crippen LogP contribution is -2.03. The molecule has 0 saturated heterocycles. The number of rotatable bonds is 5. The number of carbonyl (C=O) groups excluding carboxylic acids is 1. The molecule has 23 heavy (non-hydrogen) atoms. The van der Waals surface area contributed by atoms with Crippen LogP contribution in [0.2, 0.25) is 0 Å². The van der Waals surface area contributed by atoms with Crippen LogP contribution in [0.4, 0.5) is 0 Å². The van der Waals surface area contributed by atoms with E-state index in [1.807, 2.05) is 19.1 Å². The smallest absolute Gasteiger partial charge is 0.336 e. The summed E-state index contributed by atoms with van der Waals surface area (Å²) in [6.45, 7) is 1.93. The second kappa shape index (κ2) is 7.83. The molecule has 0 unspecified atom stereocenters. The number of benzene rings is 2. The second-order valence-electron chi connectivity index (χ2n) is 4.78. The Morgan fingerprint density at radius 1 is 1.04 bits per heavy atom. The van der Waals surface area contributed by atoms with Gasteiger partial charge in [0, 0.05) is 10.5 Å². The van der Waals surface area contributed by atoms with E-state index in [0.29, 0.717) is 17.2 Å². The molecule has 0 radical (unpaired) electrons. The van der Waals surface area contributed by atoms with E-state index in [1.54, 1.807) is 44.6 Å². The van der Waals surface area contributed by atoms with E-state index in [0.717, 1.165) is 15.6 Å². The number of hydrogen-bond donors (Lipinski definition) is 0. The highest BCUT2D eigenvalue weighted by molar-refractivity contribution is 9.10. The summed E-state index contributed by atoms with van der Waals surface area (Å²) < 4.78 is 16.6. The number of aryl methyl sites for hydroxylation is 1. The van der Waals surface area contributed by atoms with Crippen LogP contribution in [-0.4, -0.2) is 20.2 Å². The number of halogens is 1. The first kappa shape index (κ1) is 17.1. The Hall–Kier alpha value is -2.27. The Labute approximate surface area is 143 Å². The average molecular weight is 377 g/mol. The molecule has 120 valence electrons. The van der Waals surface area contributed by atoms with Crippen LogP contribution in [0.15, 0.2) is 46.9 Å². The van der Waals surface area contributed by atoms with Crippen molar-refractivity contribution in [3.63, 3.8) is 0 Å². The van der Waals surface area contributed by atoms with Crippen molar-refractivity contribution in [3.05, 3.63) is 58.1 Å². The van der Waals surface area contributed by atoms with E-state index in [1.165, 1.54) is 6.08 Å². The highest BCUT2D eigenvalue weighted by atomic mass is 79.9. The molecule has 2 rings (SSSR count). The lowest BCUT2D eigenvalue weighted by atomic mass is 10.2. The molecule has 0 atom stereocenters. The molecular formula is C18H17BrO4. The van der Waals surface area contributed by atoms with Crippen LogP contribution in [-0.2, 0) is 4.79 Å². The minimum Gasteiger partial charge on any atom is -0.493 e. The lowest BCUT2D eigenvalue weighted by molar-refractivity contribution is -0.128. The highest BCUT2D eigenvalue weighted by Gasteiger charge is 2.05. The maximum atomic E-state index is 11.9. The Bertz CT molecular complexity index is 738. The van der Waals surface area contributed by atoms with Gasteiger partial charge in [-0.05, 0) is 54.5 Å². The molecule has 0 aromatic heterocycles. The topological polar surface area (TPSA) is 44.8 Å². The molecule has 0 fully saturated rings. The first-order valence-electron chi connectivity index (χ1n) is 6.91. The fourth-order valence-electron chi connectivity index (χ4n) is 1.95. The van der Waals surface area contributed by atoms with Gasteiger partial charge in [-0.25, -0.2) is 4.79 Å². The summed E-state index contributed by atoms with van der Waals surface area (Å²) in [5, 5.41) is 0. The van der Waals surface area contributed by atoms with Crippen molar-refractivity contribution >= 4 is 28.0 Å². The summed E-state index contributed by atoms with van der Waals surface area (Å²) in [7, 11) is 3.14. The molecule has 0 amide bonds. The first-order chi connectivity index (χ1) is 11.0. The summed E-state index contributed by atoms with van der Waals surface area (Å²) in [6, 6.07) is 10.8. The van der Waals surface area contributed by atoms with Crippen LogP contribution in [0.1, 0.15) is 11.1 Å². The van der Waals surface area contributed by atoms with Gasteiger partial charge in [0.1, 0.15) is 5.75 Å². The minimum absolute atomic E-state index is 0.443. The van der Waals surface area contributed by atoms with Crippen LogP contribution < -0.4 is 14.2 Å². The number of methoxy groups -OCH3 is 2. The third-order valence-electron chi connectivity index (χ3n) is 3.17. The highest BCUT2D eigenvalue weighted by Crippen LogP contribution is 2.28. The van der Waals surface area contributed by atoms with Gasteiger partial charge in [-0.2, -0.15) is 0 Å². The maximum Gasteiger partial charge on any atom is 0.336 e. The molecular weight excluding hydrogens is 360 g/mol. The first-order valence-corrected chi connectivity index (χ1v) is 7.71. The van der Waals surface area contributed by atoms with E-state index in [4.69, 9.17) is 14.2 Å². The molecule has 0 N–H and O–H groups in total. The summed E-state index contributed by atoms with van der Waals surface area (Å²) in [5.74, 6) is 1.30. The van der Waals surface area contributed by atoms with Crippen molar-refractivity contribution in [2.24, 2.45) is 0 Å². The lowest BCUT2D eigenvalue weighted by Gasteiger charge is -2.07. The van der Waals surface area contributed by atoms with Gasteiger partial charge in [-0.1, -0.05) is 22.0 Å². The van der Waals surface area contributed by atoms with Gasteiger partial charge in [0.15, 0.2) is 11.5 Å². The number of hydrogen-bond acceptors (Lipinski definition) is 4. The van der Waals surface area contributed by atoms with Crippen LogP contribution in [0.25, 0.3) is 6.08 Å². The Morgan fingerprint density at radius 3 is 2.43 bits per heavy atom. The molecule has 0 aliphatic heterocycles. The fourth-order valence-corrected chi connectivity index (χ4v) is 2.20. The molecule has 0 aliphatic carbocycles. The summed E-state index contributed by atoms with van der Waals surface area (Å²) >= 11 is 3.41. The van der Waals surface area contributed by atoms with E-state index in [9.17, 15) is 4.79 Å². The third kappa shape index (κ3) is 4.60. The van der Waals surface area contributed by atoms with E-state index >= 15 is 0 Å². The number of esters is 1. The quantitative estimate of drug-likeness (QED) is 0.440. The summed E-state index contributed by atoms with van der Waals surface area (Å²) in [5.41, 5.74) is 1.81. The monoisotopic (exact) mass is 376 g/mol. The van der Waals surface area contributed by atoms with Crippen LogP contribution in [0, 0.1) is 6.92 Å². The van der Waals surface area contributed by atoms with Crippen molar-refractivity contribution < 1.29 is 19.0 Å². The van der Waals surface area contributed by atoms with Gasteiger partial charge in [-0.3, -0.25) is 0 Å². The largest absolute Gasteiger partial charge is 0.493 e. The number of carbonyl (C=O) groups is 1. The second-order valence-corrected chi connectivity index (χ2v) is 5.63. The van der Waals surface area contributed by atoms with Crippen LogP contribution >= 0.6 is 15.9 Å². The fraction of sp³-hybridized carbons (Fsp3) is 0.167.